The van der Waals surface area contributed by atoms with E-state index < -0.39 is 12.2 Å². The molecule has 0 aliphatic rings. The molecule has 0 spiro atoms. The van der Waals surface area contributed by atoms with Crippen molar-refractivity contribution in [2.45, 2.75) is 73.6 Å². The van der Waals surface area contributed by atoms with E-state index in [4.69, 9.17) is 10.2 Å². The maximum atomic E-state index is 10.5. The molecule has 0 saturated carbocycles. The average molecular weight is 291 g/mol. The summed E-state index contributed by atoms with van der Waals surface area (Å²) in [7, 11) is 0. The maximum absolute atomic E-state index is 10.5. The molecule has 0 fully saturated rings. The van der Waals surface area contributed by atoms with Crippen molar-refractivity contribution in [3.8, 4) is 0 Å². The first-order chi connectivity index (χ1) is 8.88. The number of rotatable bonds is 5. The van der Waals surface area contributed by atoms with Crippen LogP contribution in [0.15, 0.2) is 0 Å². The highest BCUT2D eigenvalue weighted by Gasteiger charge is 2.28. The number of carbonyl (C=O) groups is 1. The van der Waals surface area contributed by atoms with Crippen LogP contribution in [0.4, 0.5) is 4.79 Å². The van der Waals surface area contributed by atoms with Gasteiger partial charge in [-0.3, -0.25) is 0 Å². The highest BCUT2D eigenvalue weighted by Crippen LogP contribution is 2.24. The molecule has 1 atom stereocenters. The van der Waals surface area contributed by atoms with Crippen LogP contribution in [0.5, 0.6) is 0 Å². The summed E-state index contributed by atoms with van der Waals surface area (Å²) in [6, 6.07) is 0.134. The third-order valence-electron chi connectivity index (χ3n) is 3.17. The van der Waals surface area contributed by atoms with Crippen molar-refractivity contribution in [1.29, 1.82) is 0 Å². The molecule has 0 saturated heterocycles. The van der Waals surface area contributed by atoms with Gasteiger partial charge in [0.1, 0.15) is 0 Å². The quantitative estimate of drug-likeness (QED) is 0.727. The van der Waals surface area contributed by atoms with Crippen LogP contribution < -0.4 is 0 Å². The summed E-state index contributed by atoms with van der Waals surface area (Å²) >= 11 is 0. The van der Waals surface area contributed by atoms with Gasteiger partial charge in [0, 0.05) is 17.5 Å². The highest BCUT2D eigenvalue weighted by molar-refractivity contribution is 5.65. The van der Waals surface area contributed by atoms with Gasteiger partial charge in [0.05, 0.1) is 12.7 Å². The summed E-state index contributed by atoms with van der Waals surface area (Å²) in [5.74, 6) is 0.210. The molecule has 1 unspecified atom stereocenters. The van der Waals surface area contributed by atoms with Crippen molar-refractivity contribution in [2.75, 3.05) is 6.61 Å². The summed E-state index contributed by atoms with van der Waals surface area (Å²) in [6.45, 7) is 15.1. The van der Waals surface area contributed by atoms with Crippen molar-refractivity contribution in [3.63, 3.8) is 0 Å². The largest absolute Gasteiger partial charge is 0.465 e. The fraction of sp³-hybridized carbons (Fsp3) is 0.933. The third kappa shape index (κ3) is 7.70. The standard InChI is InChI=1S/C8H18O2.C7H15NO2/c1-6(2)7(10)8(3,4)5-9;1-5(2)8(6(3)4)7(9)10/h6-7,9-10H,5H2,1-4H3;5-6H,1-4H3,(H,9,10). The first kappa shape index (κ1) is 21.5. The van der Waals surface area contributed by atoms with Crippen molar-refractivity contribution >= 4 is 6.09 Å². The van der Waals surface area contributed by atoms with E-state index in [1.807, 2.05) is 55.4 Å². The van der Waals surface area contributed by atoms with Gasteiger partial charge in [-0.15, -0.1) is 0 Å². The number of carboxylic acid groups (broad SMARTS) is 1. The topological polar surface area (TPSA) is 81.0 Å². The lowest BCUT2D eigenvalue weighted by Gasteiger charge is -2.30. The van der Waals surface area contributed by atoms with Gasteiger partial charge in [0.25, 0.3) is 0 Å². The second-order valence-electron chi connectivity index (χ2n) is 6.71. The Hall–Kier alpha value is -0.810. The van der Waals surface area contributed by atoms with Crippen LogP contribution in [0, 0.1) is 11.3 Å². The Bertz CT molecular complexity index is 267. The summed E-state index contributed by atoms with van der Waals surface area (Å²) in [5.41, 5.74) is -0.367. The molecule has 122 valence electrons. The molecular weight excluding hydrogens is 258 g/mol. The molecule has 0 aliphatic heterocycles. The number of nitrogens with zero attached hydrogens (tertiary/aromatic N) is 1. The number of amides is 1. The lowest BCUT2D eigenvalue weighted by molar-refractivity contribution is -0.0204. The molecule has 0 aliphatic carbocycles. The summed E-state index contributed by atoms with van der Waals surface area (Å²) in [5, 5.41) is 27.0. The number of hydrogen-bond donors (Lipinski definition) is 3. The van der Waals surface area contributed by atoms with E-state index in [0.717, 1.165) is 0 Å². The van der Waals surface area contributed by atoms with Gasteiger partial charge in [0.2, 0.25) is 0 Å². The second-order valence-corrected chi connectivity index (χ2v) is 6.71. The smallest absolute Gasteiger partial charge is 0.407 e. The van der Waals surface area contributed by atoms with Gasteiger partial charge < -0.3 is 20.2 Å². The first-order valence-corrected chi connectivity index (χ1v) is 7.18. The van der Waals surface area contributed by atoms with Crippen molar-refractivity contribution in [2.24, 2.45) is 11.3 Å². The lowest BCUT2D eigenvalue weighted by Crippen LogP contribution is -2.40. The Morgan fingerprint density at radius 2 is 1.40 bits per heavy atom. The van der Waals surface area contributed by atoms with Gasteiger partial charge in [-0.05, 0) is 33.6 Å². The summed E-state index contributed by atoms with van der Waals surface area (Å²) < 4.78 is 0. The normalized spacial score (nSPS) is 13.2. The van der Waals surface area contributed by atoms with E-state index in [0.29, 0.717) is 0 Å². The zero-order chi connectivity index (χ0) is 16.7. The van der Waals surface area contributed by atoms with Crippen LogP contribution in [0.25, 0.3) is 0 Å². The first-order valence-electron chi connectivity index (χ1n) is 7.18. The van der Waals surface area contributed by atoms with Crippen LogP contribution in [-0.4, -0.2) is 51.1 Å². The highest BCUT2D eigenvalue weighted by atomic mass is 16.4. The maximum Gasteiger partial charge on any atom is 0.407 e. The minimum absolute atomic E-state index is 0.0341. The van der Waals surface area contributed by atoms with Crippen LogP contribution in [0.3, 0.4) is 0 Å². The number of aliphatic hydroxyl groups excluding tert-OH is 2. The molecule has 3 N–H and O–H groups in total. The van der Waals surface area contributed by atoms with E-state index in [9.17, 15) is 9.90 Å². The van der Waals surface area contributed by atoms with E-state index in [2.05, 4.69) is 0 Å². The Labute approximate surface area is 123 Å². The van der Waals surface area contributed by atoms with Gasteiger partial charge in [0.15, 0.2) is 0 Å². The molecule has 0 aromatic heterocycles. The molecular formula is C15H33NO4. The van der Waals surface area contributed by atoms with E-state index in [1.165, 1.54) is 4.90 Å². The molecule has 5 heteroatoms. The Morgan fingerprint density at radius 1 is 1.05 bits per heavy atom. The lowest BCUT2D eigenvalue weighted by atomic mass is 9.82. The van der Waals surface area contributed by atoms with Crippen LogP contribution in [-0.2, 0) is 0 Å². The monoisotopic (exact) mass is 291 g/mol. The molecule has 0 rings (SSSR count). The molecule has 0 aromatic rings. The predicted molar refractivity (Wildman–Crippen MR) is 81.8 cm³/mol. The van der Waals surface area contributed by atoms with Crippen LogP contribution in [0.1, 0.15) is 55.4 Å². The number of aliphatic hydroxyl groups is 2. The van der Waals surface area contributed by atoms with Gasteiger partial charge in [-0.25, -0.2) is 4.79 Å². The average Bonchev–Trinajstić information content (AvgIpc) is 2.26. The Morgan fingerprint density at radius 3 is 1.45 bits per heavy atom. The van der Waals surface area contributed by atoms with Crippen molar-refractivity contribution < 1.29 is 20.1 Å². The molecule has 0 bridgehead atoms. The molecule has 1 amide bonds. The molecule has 0 radical (unpaired) electrons. The zero-order valence-electron chi connectivity index (χ0n) is 14.2. The molecule has 20 heavy (non-hydrogen) atoms. The van der Waals surface area contributed by atoms with Gasteiger partial charge >= 0.3 is 6.09 Å². The SMILES string of the molecule is CC(C)C(O)C(C)(C)CO.CC(C)N(C(=O)O)C(C)C. The van der Waals surface area contributed by atoms with E-state index in [-0.39, 0.29) is 30.0 Å². The van der Waals surface area contributed by atoms with Crippen molar-refractivity contribution in [3.05, 3.63) is 0 Å². The summed E-state index contributed by atoms with van der Waals surface area (Å²) in [6.07, 6.45) is -1.26. The minimum Gasteiger partial charge on any atom is -0.465 e. The number of hydrogen-bond acceptors (Lipinski definition) is 3. The van der Waals surface area contributed by atoms with Gasteiger partial charge in [-0.1, -0.05) is 27.7 Å². The molecule has 5 nitrogen and oxygen atoms in total. The summed E-state index contributed by atoms with van der Waals surface area (Å²) in [4.78, 5) is 11.9. The molecule has 0 heterocycles. The van der Waals surface area contributed by atoms with Crippen LogP contribution in [0.2, 0.25) is 0 Å². The van der Waals surface area contributed by atoms with Crippen molar-refractivity contribution in [1.82, 2.24) is 4.90 Å². The Balaban J connectivity index is 0. The minimum atomic E-state index is -0.843. The zero-order valence-corrected chi connectivity index (χ0v) is 14.2. The fourth-order valence-corrected chi connectivity index (χ4v) is 2.03. The Kier molecular flexibility index (Phi) is 9.87. The van der Waals surface area contributed by atoms with Gasteiger partial charge in [-0.2, -0.15) is 0 Å². The van der Waals surface area contributed by atoms with E-state index >= 15 is 0 Å². The molecule has 0 aromatic carbocycles. The predicted octanol–water partition coefficient (Wildman–Crippen LogP) is 2.81. The van der Waals surface area contributed by atoms with Crippen LogP contribution >= 0.6 is 0 Å². The van der Waals surface area contributed by atoms with E-state index in [1.54, 1.807) is 0 Å². The second kappa shape index (κ2) is 9.19. The fourth-order valence-electron chi connectivity index (χ4n) is 2.03. The third-order valence-corrected chi connectivity index (χ3v) is 3.17.